The Bertz CT molecular complexity index is 812. The normalized spacial score (nSPS) is 18.8. The van der Waals surface area contributed by atoms with E-state index in [1.807, 2.05) is 30.3 Å². The fourth-order valence-electron chi connectivity index (χ4n) is 3.13. The largest absolute Gasteiger partial charge is 0.506 e. The molecule has 0 unspecified atom stereocenters. The molecule has 1 aliphatic rings. The minimum atomic E-state index is -0.614. The van der Waals surface area contributed by atoms with E-state index in [1.165, 1.54) is 12.1 Å². The van der Waals surface area contributed by atoms with Gasteiger partial charge in [-0.3, -0.25) is 10.1 Å². The van der Waals surface area contributed by atoms with Gasteiger partial charge in [0.05, 0.1) is 35.4 Å². The first-order chi connectivity index (χ1) is 13.0. The first-order valence-electron chi connectivity index (χ1n) is 8.73. The topological polar surface area (TPSA) is 114 Å². The second kappa shape index (κ2) is 8.50. The number of nitrogens with zero attached hydrogens (tertiary/aromatic N) is 1. The van der Waals surface area contributed by atoms with Crippen LogP contribution in [-0.4, -0.2) is 28.2 Å². The molecule has 3 rings (SSSR count). The molecular weight excluding hydrogens is 350 g/mol. The predicted molar refractivity (Wildman–Crippen MR) is 99.6 cm³/mol. The van der Waals surface area contributed by atoms with Crippen molar-refractivity contribution in [1.29, 1.82) is 0 Å². The average molecular weight is 371 g/mol. The number of phenols is 1. The zero-order valence-electron chi connectivity index (χ0n) is 14.6. The third-order valence-electron chi connectivity index (χ3n) is 4.52. The third-order valence-corrected chi connectivity index (χ3v) is 4.52. The summed E-state index contributed by atoms with van der Waals surface area (Å²) in [6, 6.07) is 12.7. The minimum Gasteiger partial charge on any atom is -0.506 e. The first kappa shape index (κ1) is 18.7. The number of amides is 2. The summed E-state index contributed by atoms with van der Waals surface area (Å²) in [6.07, 6.45) is 2.54. The van der Waals surface area contributed by atoms with Crippen molar-refractivity contribution in [2.24, 2.45) is 0 Å². The lowest BCUT2D eigenvalue weighted by Gasteiger charge is -2.22. The van der Waals surface area contributed by atoms with Crippen LogP contribution in [0.1, 0.15) is 24.8 Å². The molecule has 1 saturated carbocycles. The van der Waals surface area contributed by atoms with Crippen molar-refractivity contribution in [3.63, 3.8) is 0 Å². The van der Waals surface area contributed by atoms with Gasteiger partial charge in [0.1, 0.15) is 5.75 Å². The zero-order chi connectivity index (χ0) is 19.2. The smallest absolute Gasteiger partial charge is 0.319 e. The highest BCUT2D eigenvalue weighted by Crippen LogP contribution is 2.28. The van der Waals surface area contributed by atoms with Gasteiger partial charge in [-0.2, -0.15) is 0 Å². The summed E-state index contributed by atoms with van der Waals surface area (Å²) in [4.78, 5) is 22.3. The summed E-state index contributed by atoms with van der Waals surface area (Å²) in [5.74, 6) is -0.359. The molecule has 0 bridgehead atoms. The van der Waals surface area contributed by atoms with Crippen LogP contribution in [0, 0.1) is 10.1 Å². The number of phenolic OH excluding ortho intramolecular Hbond substituents is 1. The van der Waals surface area contributed by atoms with Crippen LogP contribution in [0.25, 0.3) is 0 Å². The van der Waals surface area contributed by atoms with Crippen LogP contribution in [0.3, 0.4) is 0 Å². The maximum Gasteiger partial charge on any atom is 0.319 e. The Kier molecular flexibility index (Phi) is 5.87. The standard InChI is InChI=1S/C19H21N3O5/c23-17-11-14(22(25)26)9-10-15(17)20-19(24)21-16-7-4-8-18(16)27-12-13-5-2-1-3-6-13/h1-3,5-6,9-11,16,18,23H,4,7-8,12H2,(H2,20,21,24)/t16-,18-/m1/s1. The van der Waals surface area contributed by atoms with Crippen LogP contribution >= 0.6 is 0 Å². The van der Waals surface area contributed by atoms with Gasteiger partial charge in [0.2, 0.25) is 0 Å². The number of benzene rings is 2. The number of carbonyl (C=O) groups is 1. The second-order valence-electron chi connectivity index (χ2n) is 6.43. The van der Waals surface area contributed by atoms with Crippen LogP contribution < -0.4 is 10.6 Å². The summed E-state index contributed by atoms with van der Waals surface area (Å²) in [7, 11) is 0. The van der Waals surface area contributed by atoms with Gasteiger partial charge in [-0.25, -0.2) is 4.79 Å². The third kappa shape index (κ3) is 4.95. The molecule has 8 heteroatoms. The van der Waals surface area contributed by atoms with Gasteiger partial charge in [0.15, 0.2) is 0 Å². The number of non-ortho nitro benzene ring substituents is 1. The van der Waals surface area contributed by atoms with Gasteiger partial charge in [-0.1, -0.05) is 30.3 Å². The van der Waals surface area contributed by atoms with Gasteiger partial charge in [-0.05, 0) is 30.9 Å². The number of aromatic hydroxyl groups is 1. The summed E-state index contributed by atoms with van der Waals surface area (Å²) in [5, 5.41) is 25.9. The number of urea groups is 1. The lowest BCUT2D eigenvalue weighted by molar-refractivity contribution is -0.384. The lowest BCUT2D eigenvalue weighted by Crippen LogP contribution is -2.43. The molecule has 3 N–H and O–H groups in total. The number of nitro groups is 1. The van der Waals surface area contributed by atoms with Crippen LogP contribution in [-0.2, 0) is 11.3 Å². The number of rotatable bonds is 6. The second-order valence-corrected chi connectivity index (χ2v) is 6.43. The van der Waals surface area contributed by atoms with Gasteiger partial charge in [0, 0.05) is 6.07 Å². The molecule has 0 saturated heterocycles. The van der Waals surface area contributed by atoms with Crippen molar-refractivity contribution in [3.8, 4) is 5.75 Å². The molecule has 2 aromatic carbocycles. The summed E-state index contributed by atoms with van der Waals surface area (Å²) < 4.78 is 5.95. The Hall–Kier alpha value is -3.13. The van der Waals surface area contributed by atoms with E-state index in [1.54, 1.807) is 0 Å². The number of nitro benzene ring substituents is 1. The first-order valence-corrected chi connectivity index (χ1v) is 8.73. The van der Waals surface area contributed by atoms with Crippen LogP contribution in [0.5, 0.6) is 5.75 Å². The molecule has 2 amide bonds. The lowest BCUT2D eigenvalue weighted by atomic mass is 10.2. The maximum absolute atomic E-state index is 12.2. The van der Waals surface area contributed by atoms with E-state index in [4.69, 9.17) is 4.74 Å². The molecule has 0 radical (unpaired) electrons. The minimum absolute atomic E-state index is 0.0820. The van der Waals surface area contributed by atoms with Crippen LogP contribution in [0.4, 0.5) is 16.2 Å². The number of hydrogen-bond acceptors (Lipinski definition) is 5. The van der Waals surface area contributed by atoms with Gasteiger partial charge >= 0.3 is 6.03 Å². The number of hydrogen-bond donors (Lipinski definition) is 3. The number of anilines is 1. The van der Waals surface area contributed by atoms with Crippen molar-refractivity contribution in [2.45, 2.75) is 38.0 Å². The summed E-state index contributed by atoms with van der Waals surface area (Å²) in [6.45, 7) is 0.481. The van der Waals surface area contributed by atoms with E-state index in [2.05, 4.69) is 10.6 Å². The fourth-order valence-corrected chi connectivity index (χ4v) is 3.13. The Morgan fingerprint density at radius 3 is 2.70 bits per heavy atom. The molecule has 27 heavy (non-hydrogen) atoms. The highest BCUT2D eigenvalue weighted by molar-refractivity contribution is 5.91. The quantitative estimate of drug-likeness (QED) is 0.408. The van der Waals surface area contributed by atoms with E-state index >= 15 is 0 Å². The zero-order valence-corrected chi connectivity index (χ0v) is 14.6. The van der Waals surface area contributed by atoms with Crippen LogP contribution in [0.15, 0.2) is 48.5 Å². The molecule has 1 fully saturated rings. The molecular formula is C19H21N3O5. The number of nitrogens with one attached hydrogen (secondary N) is 2. The van der Waals surface area contributed by atoms with Gasteiger partial charge < -0.3 is 20.5 Å². The SMILES string of the molecule is O=C(Nc1ccc([N+](=O)[O-])cc1O)N[C@@H]1CCC[C@H]1OCc1ccccc1. The highest BCUT2D eigenvalue weighted by Gasteiger charge is 2.29. The van der Waals surface area contributed by atoms with E-state index < -0.39 is 11.0 Å². The molecule has 1 aliphatic carbocycles. The van der Waals surface area contributed by atoms with Crippen molar-refractivity contribution in [2.75, 3.05) is 5.32 Å². The summed E-state index contributed by atoms with van der Waals surface area (Å²) in [5.41, 5.74) is 0.935. The molecule has 0 aliphatic heterocycles. The van der Waals surface area contributed by atoms with Gasteiger partial charge in [-0.15, -0.1) is 0 Å². The Morgan fingerprint density at radius 1 is 1.22 bits per heavy atom. The van der Waals surface area contributed by atoms with Crippen molar-refractivity contribution in [1.82, 2.24) is 5.32 Å². The Morgan fingerprint density at radius 2 is 2.00 bits per heavy atom. The van der Waals surface area contributed by atoms with E-state index in [9.17, 15) is 20.0 Å². The maximum atomic E-state index is 12.2. The monoisotopic (exact) mass is 371 g/mol. The van der Waals surface area contributed by atoms with Crippen LogP contribution in [0.2, 0.25) is 0 Å². The molecule has 0 aromatic heterocycles. The predicted octanol–water partition coefficient (Wildman–Crippen LogP) is 3.56. The molecule has 2 aromatic rings. The molecule has 8 nitrogen and oxygen atoms in total. The molecule has 142 valence electrons. The Balaban J connectivity index is 1.54. The van der Waals surface area contributed by atoms with Crippen molar-refractivity contribution < 1.29 is 19.6 Å². The Labute approximate surface area is 156 Å². The molecule has 0 spiro atoms. The highest BCUT2D eigenvalue weighted by atomic mass is 16.6. The van der Waals surface area contributed by atoms with E-state index in [0.717, 1.165) is 30.9 Å². The molecule has 0 heterocycles. The fraction of sp³-hybridized carbons (Fsp3) is 0.316. The van der Waals surface area contributed by atoms with Crippen molar-refractivity contribution in [3.05, 3.63) is 64.2 Å². The number of ether oxygens (including phenoxy) is 1. The van der Waals surface area contributed by atoms with E-state index in [0.29, 0.717) is 6.61 Å². The summed E-state index contributed by atoms with van der Waals surface area (Å²) >= 11 is 0. The average Bonchev–Trinajstić information content (AvgIpc) is 3.09. The molecule has 2 atom stereocenters. The number of carbonyl (C=O) groups excluding carboxylic acids is 1. The van der Waals surface area contributed by atoms with E-state index in [-0.39, 0.29) is 29.3 Å². The van der Waals surface area contributed by atoms with Gasteiger partial charge in [0.25, 0.3) is 5.69 Å². The van der Waals surface area contributed by atoms with Crippen molar-refractivity contribution >= 4 is 17.4 Å².